The van der Waals surface area contributed by atoms with Crippen molar-refractivity contribution in [3.8, 4) is 0 Å². The monoisotopic (exact) mass is 309 g/mol. The van der Waals surface area contributed by atoms with Crippen LogP contribution >= 0.6 is 0 Å². The standard InChI is InChI=1S/C19H23N3O/c1-14(16-7-4-3-5-8-16)21-19(23)22(18-10-11-18)15(2)17-9-6-12-20-13-17/h3-9,12-15,18H,10-11H2,1-2H3,(H,21,23)/t14-,15-/m0/s1. The molecule has 1 aliphatic carbocycles. The lowest BCUT2D eigenvalue weighted by molar-refractivity contribution is 0.172. The Bertz CT molecular complexity index is 640. The average molecular weight is 309 g/mol. The highest BCUT2D eigenvalue weighted by atomic mass is 16.2. The first-order valence-corrected chi connectivity index (χ1v) is 8.20. The zero-order valence-electron chi connectivity index (χ0n) is 13.6. The molecule has 4 heteroatoms. The average Bonchev–Trinajstić information content (AvgIpc) is 3.41. The van der Waals surface area contributed by atoms with Gasteiger partial charge in [0.05, 0.1) is 12.1 Å². The van der Waals surface area contributed by atoms with Crippen molar-refractivity contribution in [2.45, 2.75) is 44.8 Å². The Hall–Kier alpha value is -2.36. The van der Waals surface area contributed by atoms with Gasteiger partial charge < -0.3 is 10.2 Å². The molecule has 0 saturated heterocycles. The minimum atomic E-state index is -0.00829. The number of pyridine rings is 1. The van der Waals surface area contributed by atoms with Crippen molar-refractivity contribution in [3.05, 3.63) is 66.0 Å². The zero-order valence-corrected chi connectivity index (χ0v) is 13.6. The van der Waals surface area contributed by atoms with Gasteiger partial charge in [-0.3, -0.25) is 4.98 Å². The number of benzene rings is 1. The van der Waals surface area contributed by atoms with Crippen LogP contribution in [0.1, 0.15) is 49.9 Å². The predicted molar refractivity (Wildman–Crippen MR) is 90.9 cm³/mol. The van der Waals surface area contributed by atoms with Gasteiger partial charge in [0.1, 0.15) is 0 Å². The highest BCUT2D eigenvalue weighted by Gasteiger charge is 2.36. The molecule has 1 aromatic heterocycles. The lowest BCUT2D eigenvalue weighted by Crippen LogP contribution is -2.43. The first kappa shape index (κ1) is 15.5. The highest BCUT2D eigenvalue weighted by molar-refractivity contribution is 5.76. The Morgan fingerprint density at radius 3 is 2.43 bits per heavy atom. The van der Waals surface area contributed by atoms with Crippen molar-refractivity contribution in [2.75, 3.05) is 0 Å². The Morgan fingerprint density at radius 1 is 1.13 bits per heavy atom. The number of carbonyl (C=O) groups is 1. The Kier molecular flexibility index (Phi) is 4.60. The van der Waals surface area contributed by atoms with Crippen molar-refractivity contribution >= 4 is 6.03 Å². The van der Waals surface area contributed by atoms with Gasteiger partial charge in [0.15, 0.2) is 0 Å². The van der Waals surface area contributed by atoms with Gasteiger partial charge in [0.2, 0.25) is 0 Å². The molecule has 1 saturated carbocycles. The van der Waals surface area contributed by atoms with E-state index in [0.717, 1.165) is 24.0 Å². The normalized spacial score (nSPS) is 16.4. The number of urea groups is 1. The molecule has 1 aromatic carbocycles. The molecular weight excluding hydrogens is 286 g/mol. The van der Waals surface area contributed by atoms with Gasteiger partial charge in [-0.1, -0.05) is 36.4 Å². The molecule has 0 aliphatic heterocycles. The Morgan fingerprint density at radius 2 is 1.83 bits per heavy atom. The molecule has 120 valence electrons. The van der Waals surface area contributed by atoms with Crippen LogP contribution in [0.3, 0.4) is 0 Å². The van der Waals surface area contributed by atoms with Gasteiger partial charge in [0, 0.05) is 18.4 Å². The van der Waals surface area contributed by atoms with E-state index < -0.39 is 0 Å². The highest BCUT2D eigenvalue weighted by Crippen LogP contribution is 2.34. The van der Waals surface area contributed by atoms with Crippen LogP contribution in [0.25, 0.3) is 0 Å². The largest absolute Gasteiger partial charge is 0.331 e. The van der Waals surface area contributed by atoms with Crippen molar-refractivity contribution in [1.82, 2.24) is 15.2 Å². The molecule has 3 rings (SSSR count). The molecule has 2 aromatic rings. The van der Waals surface area contributed by atoms with Crippen LogP contribution in [-0.2, 0) is 0 Å². The number of amides is 2. The molecule has 0 unspecified atom stereocenters. The maximum atomic E-state index is 12.8. The summed E-state index contributed by atoms with van der Waals surface area (Å²) >= 11 is 0. The molecule has 2 atom stereocenters. The number of carbonyl (C=O) groups excluding carboxylic acids is 1. The minimum Gasteiger partial charge on any atom is -0.331 e. The van der Waals surface area contributed by atoms with Crippen molar-refractivity contribution in [3.63, 3.8) is 0 Å². The van der Waals surface area contributed by atoms with E-state index >= 15 is 0 Å². The van der Waals surface area contributed by atoms with E-state index in [2.05, 4.69) is 17.2 Å². The van der Waals surface area contributed by atoms with Crippen LogP contribution in [0.2, 0.25) is 0 Å². The van der Waals surface area contributed by atoms with Crippen LogP contribution in [-0.4, -0.2) is 22.0 Å². The molecular formula is C19H23N3O. The van der Waals surface area contributed by atoms with Crippen LogP contribution in [0.4, 0.5) is 4.79 Å². The summed E-state index contributed by atoms with van der Waals surface area (Å²) in [6, 6.07) is 14.4. The van der Waals surface area contributed by atoms with Crippen LogP contribution in [0.5, 0.6) is 0 Å². The van der Waals surface area contributed by atoms with Crippen molar-refractivity contribution in [2.24, 2.45) is 0 Å². The smallest absolute Gasteiger partial charge is 0.318 e. The summed E-state index contributed by atoms with van der Waals surface area (Å²) < 4.78 is 0. The second-order valence-corrected chi connectivity index (χ2v) is 6.18. The summed E-state index contributed by atoms with van der Waals surface area (Å²) in [5.74, 6) is 0. The number of nitrogens with one attached hydrogen (secondary N) is 1. The van der Waals surface area contributed by atoms with E-state index in [1.807, 2.05) is 60.5 Å². The first-order valence-electron chi connectivity index (χ1n) is 8.20. The van der Waals surface area contributed by atoms with E-state index in [1.165, 1.54) is 0 Å². The fourth-order valence-corrected chi connectivity index (χ4v) is 2.88. The van der Waals surface area contributed by atoms with E-state index in [0.29, 0.717) is 6.04 Å². The van der Waals surface area contributed by atoms with Gasteiger partial charge in [0.25, 0.3) is 0 Å². The third-order valence-corrected chi connectivity index (χ3v) is 4.40. The molecule has 0 spiro atoms. The number of rotatable bonds is 5. The molecule has 4 nitrogen and oxygen atoms in total. The number of hydrogen-bond donors (Lipinski definition) is 1. The molecule has 1 aliphatic rings. The van der Waals surface area contributed by atoms with Crippen molar-refractivity contribution < 1.29 is 4.79 Å². The quantitative estimate of drug-likeness (QED) is 0.904. The summed E-state index contributed by atoms with van der Waals surface area (Å²) in [6.45, 7) is 4.09. The minimum absolute atomic E-state index is 0.000191. The molecule has 0 radical (unpaired) electrons. The molecule has 2 amide bonds. The number of hydrogen-bond acceptors (Lipinski definition) is 2. The fraction of sp³-hybridized carbons (Fsp3) is 0.368. The Balaban J connectivity index is 1.72. The maximum Gasteiger partial charge on any atom is 0.318 e. The summed E-state index contributed by atoms with van der Waals surface area (Å²) in [5.41, 5.74) is 2.19. The second kappa shape index (κ2) is 6.82. The van der Waals surface area contributed by atoms with E-state index in [1.54, 1.807) is 6.20 Å². The van der Waals surface area contributed by atoms with Crippen LogP contribution in [0.15, 0.2) is 54.9 Å². The molecule has 1 fully saturated rings. The lowest BCUT2D eigenvalue weighted by atomic mass is 10.1. The fourth-order valence-electron chi connectivity index (χ4n) is 2.88. The van der Waals surface area contributed by atoms with Gasteiger partial charge in [-0.25, -0.2) is 4.79 Å². The predicted octanol–water partition coefficient (Wildman–Crippen LogP) is 4.08. The third kappa shape index (κ3) is 3.70. The zero-order chi connectivity index (χ0) is 16.2. The molecule has 1 heterocycles. The number of aromatic nitrogens is 1. The van der Waals surface area contributed by atoms with Crippen LogP contribution < -0.4 is 5.32 Å². The topological polar surface area (TPSA) is 45.2 Å². The van der Waals surface area contributed by atoms with Gasteiger partial charge >= 0.3 is 6.03 Å². The van der Waals surface area contributed by atoms with Gasteiger partial charge in [-0.2, -0.15) is 0 Å². The summed E-state index contributed by atoms with van der Waals surface area (Å²) in [6.07, 6.45) is 5.76. The SMILES string of the molecule is C[C@H](NC(=O)N(C1CC1)[C@@H](C)c1cccnc1)c1ccccc1. The van der Waals surface area contributed by atoms with Gasteiger partial charge in [-0.15, -0.1) is 0 Å². The summed E-state index contributed by atoms with van der Waals surface area (Å²) in [7, 11) is 0. The summed E-state index contributed by atoms with van der Waals surface area (Å²) in [5, 5.41) is 3.13. The lowest BCUT2D eigenvalue weighted by Gasteiger charge is -2.31. The maximum absolute atomic E-state index is 12.8. The Labute approximate surface area is 137 Å². The van der Waals surface area contributed by atoms with E-state index in [-0.39, 0.29) is 18.1 Å². The molecule has 0 bridgehead atoms. The van der Waals surface area contributed by atoms with Crippen molar-refractivity contribution in [1.29, 1.82) is 0 Å². The third-order valence-electron chi connectivity index (χ3n) is 4.40. The summed E-state index contributed by atoms with van der Waals surface area (Å²) in [4.78, 5) is 19.0. The van der Waals surface area contributed by atoms with E-state index in [9.17, 15) is 4.79 Å². The van der Waals surface area contributed by atoms with E-state index in [4.69, 9.17) is 0 Å². The molecule has 23 heavy (non-hydrogen) atoms. The second-order valence-electron chi connectivity index (χ2n) is 6.18. The van der Waals surface area contributed by atoms with Gasteiger partial charge in [-0.05, 0) is 43.9 Å². The van der Waals surface area contributed by atoms with Crippen LogP contribution in [0, 0.1) is 0 Å². The first-order chi connectivity index (χ1) is 11.2. The number of nitrogens with zero attached hydrogens (tertiary/aromatic N) is 2. The molecule has 1 N–H and O–H groups in total.